The van der Waals surface area contributed by atoms with Crippen molar-refractivity contribution in [2.75, 3.05) is 18.5 Å². The lowest BCUT2D eigenvalue weighted by molar-refractivity contribution is 0.732. The first kappa shape index (κ1) is 11.7. The fourth-order valence-electron chi connectivity index (χ4n) is 1.10. The van der Waals surface area contributed by atoms with E-state index in [0.29, 0.717) is 0 Å². The first-order valence-corrected chi connectivity index (χ1v) is 5.22. The van der Waals surface area contributed by atoms with Crippen molar-refractivity contribution in [3.8, 4) is 0 Å². The predicted octanol–water partition coefficient (Wildman–Crippen LogP) is 2.51. The van der Waals surface area contributed by atoms with E-state index in [1.165, 1.54) is 5.56 Å². The molecule has 4 nitrogen and oxygen atoms in total. The van der Waals surface area contributed by atoms with Crippen molar-refractivity contribution in [3.05, 3.63) is 29.8 Å². The first-order chi connectivity index (χ1) is 7.33. The van der Waals surface area contributed by atoms with Crippen molar-refractivity contribution in [3.63, 3.8) is 0 Å². The Kier molecular flexibility index (Phi) is 5.40. The molecule has 1 aromatic rings. The minimum absolute atomic E-state index is 0.723. The second-order valence-corrected chi connectivity index (χ2v) is 3.44. The molecule has 0 saturated heterocycles. The second-order valence-electron chi connectivity index (χ2n) is 3.44. The van der Waals surface area contributed by atoms with E-state index in [1.807, 2.05) is 24.3 Å². The van der Waals surface area contributed by atoms with Gasteiger partial charge in [0.2, 0.25) is 0 Å². The van der Waals surface area contributed by atoms with Crippen LogP contribution in [-0.4, -0.2) is 13.1 Å². The van der Waals surface area contributed by atoms with Gasteiger partial charge in [0.1, 0.15) is 0 Å². The molecular formula is C11H18N4. The van der Waals surface area contributed by atoms with Crippen LogP contribution < -0.4 is 11.2 Å². The summed E-state index contributed by atoms with van der Waals surface area (Å²) in [5.41, 5.74) is 10.4. The van der Waals surface area contributed by atoms with E-state index in [9.17, 15) is 0 Å². The number of nitrogens with two attached hydrogens (primary N) is 1. The van der Waals surface area contributed by atoms with E-state index in [0.717, 1.165) is 31.6 Å². The molecule has 0 saturated carbocycles. The molecule has 4 heteroatoms. The van der Waals surface area contributed by atoms with Gasteiger partial charge in [-0.2, -0.15) is 5.11 Å². The maximum absolute atomic E-state index is 5.36. The highest BCUT2D eigenvalue weighted by Gasteiger charge is 1.88. The Morgan fingerprint density at radius 3 is 2.60 bits per heavy atom. The predicted molar refractivity (Wildman–Crippen MR) is 62.8 cm³/mol. The fourth-order valence-corrected chi connectivity index (χ4v) is 1.10. The van der Waals surface area contributed by atoms with E-state index < -0.39 is 0 Å². The van der Waals surface area contributed by atoms with Gasteiger partial charge >= 0.3 is 0 Å². The van der Waals surface area contributed by atoms with Crippen molar-refractivity contribution in [1.82, 2.24) is 0 Å². The summed E-state index contributed by atoms with van der Waals surface area (Å²) in [6.45, 7) is 3.51. The Hall–Kier alpha value is -1.42. The van der Waals surface area contributed by atoms with Gasteiger partial charge < -0.3 is 5.73 Å². The molecule has 0 radical (unpaired) electrons. The lowest BCUT2D eigenvalue weighted by atomic mass is 10.2. The van der Waals surface area contributed by atoms with Crippen LogP contribution >= 0.6 is 0 Å². The molecule has 1 aromatic carbocycles. The molecular weight excluding hydrogens is 188 g/mol. The van der Waals surface area contributed by atoms with Gasteiger partial charge in [-0.15, -0.1) is 0 Å². The minimum atomic E-state index is 0.723. The molecule has 0 aromatic heterocycles. The molecule has 0 heterocycles. The third kappa shape index (κ3) is 5.12. The molecule has 82 valence electrons. The molecule has 15 heavy (non-hydrogen) atoms. The molecule has 0 aliphatic heterocycles. The van der Waals surface area contributed by atoms with Crippen molar-refractivity contribution < 1.29 is 0 Å². The Bertz CT molecular complexity index is 292. The number of benzene rings is 1. The molecule has 0 aliphatic carbocycles. The van der Waals surface area contributed by atoms with Gasteiger partial charge in [-0.1, -0.05) is 22.9 Å². The topological polar surface area (TPSA) is 62.8 Å². The van der Waals surface area contributed by atoms with Gasteiger partial charge in [-0.3, -0.25) is 5.43 Å². The summed E-state index contributed by atoms with van der Waals surface area (Å²) in [7, 11) is 0. The largest absolute Gasteiger partial charge is 0.330 e. The summed E-state index contributed by atoms with van der Waals surface area (Å²) in [6, 6.07) is 8.03. The number of nitrogens with zero attached hydrogens (tertiary/aromatic N) is 2. The average molecular weight is 206 g/mol. The Morgan fingerprint density at radius 1 is 1.20 bits per heavy atom. The van der Waals surface area contributed by atoms with Crippen LogP contribution in [0.3, 0.4) is 0 Å². The zero-order valence-electron chi connectivity index (χ0n) is 9.11. The molecule has 0 amide bonds. The Labute approximate surface area is 90.6 Å². The van der Waals surface area contributed by atoms with Crippen molar-refractivity contribution >= 4 is 5.69 Å². The number of anilines is 1. The molecule has 0 spiro atoms. The van der Waals surface area contributed by atoms with Crippen molar-refractivity contribution in [2.24, 2.45) is 16.1 Å². The summed E-state index contributed by atoms with van der Waals surface area (Å²) in [6.07, 6.45) is 2.00. The van der Waals surface area contributed by atoms with E-state index >= 15 is 0 Å². The van der Waals surface area contributed by atoms with Crippen LogP contribution in [0.4, 0.5) is 5.69 Å². The smallest absolute Gasteiger partial charge is 0.0620 e. The summed E-state index contributed by atoms with van der Waals surface area (Å²) in [5.74, 6) is 0. The van der Waals surface area contributed by atoms with Crippen LogP contribution in [-0.2, 0) is 0 Å². The maximum Gasteiger partial charge on any atom is 0.0620 e. The average Bonchev–Trinajstić information content (AvgIpc) is 2.26. The van der Waals surface area contributed by atoms with E-state index in [1.54, 1.807) is 0 Å². The monoisotopic (exact) mass is 206 g/mol. The van der Waals surface area contributed by atoms with Crippen LogP contribution in [0.1, 0.15) is 18.4 Å². The van der Waals surface area contributed by atoms with Gasteiger partial charge in [-0.25, -0.2) is 0 Å². The molecule has 0 fully saturated rings. The minimum Gasteiger partial charge on any atom is -0.330 e. The lowest BCUT2D eigenvalue weighted by Crippen LogP contribution is -1.98. The van der Waals surface area contributed by atoms with Crippen molar-refractivity contribution in [1.29, 1.82) is 0 Å². The van der Waals surface area contributed by atoms with Crippen LogP contribution in [0.2, 0.25) is 0 Å². The third-order valence-electron chi connectivity index (χ3n) is 2.01. The SMILES string of the molecule is Cc1ccc(NN=NCCCCN)cc1. The van der Waals surface area contributed by atoms with E-state index in [4.69, 9.17) is 5.73 Å². The number of unbranched alkanes of at least 4 members (excludes halogenated alkanes) is 1. The highest BCUT2D eigenvalue weighted by atomic mass is 15.4. The molecule has 0 bridgehead atoms. The summed E-state index contributed by atoms with van der Waals surface area (Å²) in [4.78, 5) is 0. The third-order valence-corrected chi connectivity index (χ3v) is 2.01. The van der Waals surface area contributed by atoms with Gasteiger partial charge in [0, 0.05) is 0 Å². The summed E-state index contributed by atoms with van der Waals surface area (Å²) in [5, 5.41) is 7.86. The number of nitrogens with one attached hydrogen (secondary N) is 1. The molecule has 1 rings (SSSR count). The molecule has 0 atom stereocenters. The normalized spacial score (nSPS) is 10.8. The van der Waals surface area contributed by atoms with E-state index in [2.05, 4.69) is 22.7 Å². The van der Waals surface area contributed by atoms with Crippen molar-refractivity contribution in [2.45, 2.75) is 19.8 Å². The van der Waals surface area contributed by atoms with Gasteiger partial charge in [0.05, 0.1) is 12.2 Å². The fraction of sp³-hybridized carbons (Fsp3) is 0.455. The number of rotatable bonds is 6. The number of aryl methyl sites for hydroxylation is 1. The highest BCUT2D eigenvalue weighted by Crippen LogP contribution is 2.08. The first-order valence-electron chi connectivity index (χ1n) is 5.22. The maximum atomic E-state index is 5.36. The van der Waals surface area contributed by atoms with Gasteiger partial charge in [0.15, 0.2) is 0 Å². The second kappa shape index (κ2) is 6.95. The Balaban J connectivity index is 2.22. The van der Waals surface area contributed by atoms with Gasteiger partial charge in [-0.05, 0) is 38.4 Å². The van der Waals surface area contributed by atoms with Gasteiger partial charge in [0.25, 0.3) is 0 Å². The highest BCUT2D eigenvalue weighted by molar-refractivity contribution is 5.43. The van der Waals surface area contributed by atoms with Crippen LogP contribution in [0, 0.1) is 6.92 Å². The van der Waals surface area contributed by atoms with Crippen LogP contribution in [0.15, 0.2) is 34.6 Å². The Morgan fingerprint density at radius 2 is 1.93 bits per heavy atom. The summed E-state index contributed by atoms with van der Waals surface area (Å²) >= 11 is 0. The summed E-state index contributed by atoms with van der Waals surface area (Å²) < 4.78 is 0. The van der Waals surface area contributed by atoms with Crippen LogP contribution in [0.5, 0.6) is 0 Å². The quantitative estimate of drug-likeness (QED) is 0.427. The zero-order valence-corrected chi connectivity index (χ0v) is 9.11. The zero-order chi connectivity index (χ0) is 10.9. The lowest BCUT2D eigenvalue weighted by Gasteiger charge is -1.98. The standard InChI is InChI=1S/C11H18N4/c1-10-4-6-11(7-5-10)14-15-13-9-3-2-8-12/h4-7H,2-3,8-9,12H2,1H3,(H,13,14). The molecule has 0 aliphatic rings. The van der Waals surface area contributed by atoms with E-state index in [-0.39, 0.29) is 0 Å². The molecule has 3 N–H and O–H groups in total. The number of hydrogen-bond donors (Lipinski definition) is 2. The molecule has 0 unspecified atom stereocenters. The van der Waals surface area contributed by atoms with Crippen LogP contribution in [0.25, 0.3) is 0 Å². The number of hydrogen-bond acceptors (Lipinski definition) is 3.